The average Bonchev–Trinajstić information content (AvgIpc) is 2.54. The predicted molar refractivity (Wildman–Crippen MR) is 80.5 cm³/mol. The molecule has 1 fully saturated rings. The van der Waals surface area contributed by atoms with Crippen LogP contribution in [0, 0.1) is 19.3 Å². The van der Waals surface area contributed by atoms with Gasteiger partial charge in [0.1, 0.15) is 0 Å². The van der Waals surface area contributed by atoms with Gasteiger partial charge in [-0.15, -0.1) is 0 Å². The van der Waals surface area contributed by atoms with Crippen LogP contribution in [0.25, 0.3) is 0 Å². The first-order valence-corrected chi connectivity index (χ1v) is 7.30. The summed E-state index contributed by atoms with van der Waals surface area (Å²) in [5.74, 6) is 0. The highest BCUT2D eigenvalue weighted by molar-refractivity contribution is 5.32. The lowest BCUT2D eigenvalue weighted by molar-refractivity contribution is 0.0649. The molecule has 0 saturated carbocycles. The lowest BCUT2D eigenvalue weighted by atomic mass is 9.85. The Morgan fingerprint density at radius 1 is 1.21 bits per heavy atom. The van der Waals surface area contributed by atoms with Crippen LogP contribution in [0.2, 0.25) is 0 Å². The van der Waals surface area contributed by atoms with Gasteiger partial charge in [0.05, 0.1) is 6.10 Å². The molecule has 1 aliphatic heterocycles. The second-order valence-electron chi connectivity index (χ2n) is 6.84. The zero-order valence-corrected chi connectivity index (χ0v) is 12.9. The van der Waals surface area contributed by atoms with E-state index in [1.54, 1.807) is 0 Å². The Morgan fingerprint density at radius 3 is 2.58 bits per heavy atom. The van der Waals surface area contributed by atoms with Crippen molar-refractivity contribution in [3.63, 3.8) is 0 Å². The topological polar surface area (TPSA) is 21.3 Å². The first-order valence-electron chi connectivity index (χ1n) is 7.30. The van der Waals surface area contributed by atoms with E-state index in [4.69, 9.17) is 4.74 Å². The van der Waals surface area contributed by atoms with Gasteiger partial charge in [0.2, 0.25) is 0 Å². The number of hydrogen-bond acceptors (Lipinski definition) is 2. The summed E-state index contributed by atoms with van der Waals surface area (Å²) in [5.41, 5.74) is 4.27. The fourth-order valence-corrected chi connectivity index (χ4v) is 2.86. The number of hydrogen-bond donors (Lipinski definition) is 1. The highest BCUT2D eigenvalue weighted by Gasteiger charge is 2.28. The Kier molecular flexibility index (Phi) is 4.32. The smallest absolute Gasteiger partial charge is 0.0951 e. The Morgan fingerprint density at radius 2 is 1.95 bits per heavy atom. The number of rotatable bonds is 1. The first-order chi connectivity index (χ1) is 8.88. The molecule has 1 aromatic carbocycles. The second-order valence-corrected chi connectivity index (χ2v) is 6.84. The Hall–Kier alpha value is -0.860. The SMILES string of the molecule is Cc1ccc(C2CNC(C(C)(C)C)CCO2)c(C)c1. The zero-order chi connectivity index (χ0) is 14.0. The maximum Gasteiger partial charge on any atom is 0.0951 e. The normalized spacial score (nSPS) is 25.1. The van der Waals surface area contributed by atoms with Crippen LogP contribution in [-0.2, 0) is 4.74 Å². The third-order valence-electron chi connectivity index (χ3n) is 4.09. The Balaban J connectivity index is 2.11. The second kappa shape index (κ2) is 5.64. The number of aryl methyl sites for hydroxylation is 2. The molecule has 1 aliphatic rings. The molecule has 1 heterocycles. The Bertz CT molecular complexity index is 433. The molecular formula is C17H27NO. The fraction of sp³-hybridized carbons (Fsp3) is 0.647. The maximum absolute atomic E-state index is 6.07. The molecule has 0 bridgehead atoms. The molecule has 2 rings (SSSR count). The molecule has 1 saturated heterocycles. The van der Waals surface area contributed by atoms with Crippen LogP contribution in [0.3, 0.4) is 0 Å². The van der Waals surface area contributed by atoms with Crippen LogP contribution < -0.4 is 5.32 Å². The molecule has 0 aromatic heterocycles. The minimum atomic E-state index is 0.188. The summed E-state index contributed by atoms with van der Waals surface area (Å²) >= 11 is 0. The predicted octanol–water partition coefficient (Wildman–Crippen LogP) is 3.77. The van der Waals surface area contributed by atoms with Crippen molar-refractivity contribution in [3.05, 3.63) is 34.9 Å². The van der Waals surface area contributed by atoms with Crippen molar-refractivity contribution in [3.8, 4) is 0 Å². The van der Waals surface area contributed by atoms with Gasteiger partial charge in [0, 0.05) is 19.2 Å². The standard InChI is InChI=1S/C17H27NO/c1-12-6-7-14(13(2)10-12)15-11-18-16(8-9-19-15)17(3,4)5/h6-7,10,15-16,18H,8-9,11H2,1-5H3. The van der Waals surface area contributed by atoms with Crippen molar-refractivity contribution >= 4 is 0 Å². The van der Waals surface area contributed by atoms with Crippen molar-refractivity contribution in [2.75, 3.05) is 13.2 Å². The third kappa shape index (κ3) is 3.58. The van der Waals surface area contributed by atoms with Gasteiger partial charge in [-0.3, -0.25) is 0 Å². The molecule has 2 unspecified atom stereocenters. The van der Waals surface area contributed by atoms with E-state index in [0.29, 0.717) is 11.5 Å². The molecule has 2 nitrogen and oxygen atoms in total. The van der Waals surface area contributed by atoms with Gasteiger partial charge in [-0.1, -0.05) is 44.5 Å². The summed E-state index contributed by atoms with van der Waals surface area (Å²) < 4.78 is 6.07. The van der Waals surface area contributed by atoms with E-state index >= 15 is 0 Å². The van der Waals surface area contributed by atoms with Crippen LogP contribution in [-0.4, -0.2) is 19.2 Å². The number of benzene rings is 1. The average molecular weight is 261 g/mol. The first kappa shape index (κ1) is 14.5. The van der Waals surface area contributed by atoms with Crippen LogP contribution in [0.15, 0.2) is 18.2 Å². The molecule has 0 spiro atoms. The molecular weight excluding hydrogens is 234 g/mol. The monoisotopic (exact) mass is 261 g/mol. The fourth-order valence-electron chi connectivity index (χ4n) is 2.86. The van der Waals surface area contributed by atoms with Crippen molar-refractivity contribution in [2.24, 2.45) is 5.41 Å². The number of nitrogens with one attached hydrogen (secondary N) is 1. The molecule has 2 atom stereocenters. The maximum atomic E-state index is 6.07. The van der Waals surface area contributed by atoms with Gasteiger partial charge in [-0.2, -0.15) is 0 Å². The van der Waals surface area contributed by atoms with E-state index < -0.39 is 0 Å². The molecule has 2 heteroatoms. The third-order valence-corrected chi connectivity index (χ3v) is 4.09. The molecule has 106 valence electrons. The van der Waals surface area contributed by atoms with Crippen LogP contribution in [0.1, 0.15) is 50.0 Å². The van der Waals surface area contributed by atoms with Crippen LogP contribution >= 0.6 is 0 Å². The van der Waals surface area contributed by atoms with Gasteiger partial charge in [0.25, 0.3) is 0 Å². The van der Waals surface area contributed by atoms with Crippen molar-refractivity contribution in [1.29, 1.82) is 0 Å². The molecule has 1 aromatic rings. The zero-order valence-electron chi connectivity index (χ0n) is 12.9. The quantitative estimate of drug-likeness (QED) is 0.831. The van der Waals surface area contributed by atoms with Gasteiger partial charge in [-0.25, -0.2) is 0 Å². The summed E-state index contributed by atoms with van der Waals surface area (Å²) in [5, 5.41) is 3.69. The molecule has 0 aliphatic carbocycles. The molecule has 1 N–H and O–H groups in total. The van der Waals surface area contributed by atoms with Crippen molar-refractivity contribution in [1.82, 2.24) is 5.32 Å². The summed E-state index contributed by atoms with van der Waals surface area (Å²) in [7, 11) is 0. The summed E-state index contributed by atoms with van der Waals surface area (Å²) in [6.45, 7) is 12.9. The lowest BCUT2D eigenvalue weighted by Gasteiger charge is -2.30. The summed E-state index contributed by atoms with van der Waals surface area (Å²) in [6.07, 6.45) is 1.28. The van der Waals surface area contributed by atoms with E-state index in [1.807, 2.05) is 0 Å². The Labute approximate surface area is 117 Å². The lowest BCUT2D eigenvalue weighted by Crippen LogP contribution is -2.40. The van der Waals surface area contributed by atoms with Crippen molar-refractivity contribution < 1.29 is 4.74 Å². The minimum absolute atomic E-state index is 0.188. The highest BCUT2D eigenvalue weighted by Crippen LogP contribution is 2.28. The summed E-state index contributed by atoms with van der Waals surface area (Å²) in [6, 6.07) is 7.17. The van der Waals surface area contributed by atoms with Crippen LogP contribution in [0.4, 0.5) is 0 Å². The largest absolute Gasteiger partial charge is 0.372 e. The molecule has 0 radical (unpaired) electrons. The van der Waals surface area contributed by atoms with Crippen LogP contribution in [0.5, 0.6) is 0 Å². The highest BCUT2D eigenvalue weighted by atomic mass is 16.5. The van der Waals surface area contributed by atoms with Gasteiger partial charge < -0.3 is 10.1 Å². The van der Waals surface area contributed by atoms with Gasteiger partial charge in [-0.05, 0) is 36.8 Å². The van der Waals surface area contributed by atoms with E-state index in [0.717, 1.165) is 19.6 Å². The molecule has 0 amide bonds. The van der Waals surface area contributed by atoms with Gasteiger partial charge in [0.15, 0.2) is 0 Å². The van der Waals surface area contributed by atoms with E-state index in [-0.39, 0.29) is 6.10 Å². The van der Waals surface area contributed by atoms with E-state index in [9.17, 15) is 0 Å². The number of ether oxygens (including phenoxy) is 1. The van der Waals surface area contributed by atoms with E-state index in [2.05, 4.69) is 58.1 Å². The molecule has 19 heavy (non-hydrogen) atoms. The summed E-state index contributed by atoms with van der Waals surface area (Å²) in [4.78, 5) is 0. The van der Waals surface area contributed by atoms with E-state index in [1.165, 1.54) is 16.7 Å². The van der Waals surface area contributed by atoms with Crippen molar-refractivity contribution in [2.45, 2.75) is 53.2 Å². The minimum Gasteiger partial charge on any atom is -0.372 e. The van der Waals surface area contributed by atoms with Gasteiger partial charge >= 0.3 is 0 Å².